The quantitative estimate of drug-likeness (QED) is 0.0362. The summed E-state index contributed by atoms with van der Waals surface area (Å²) in [6.07, 6.45) is 66.1. The largest absolute Gasteiger partial charge is 0.394 e. The van der Waals surface area contributed by atoms with Gasteiger partial charge in [-0.3, -0.25) is 4.79 Å². The van der Waals surface area contributed by atoms with Crippen molar-refractivity contribution in [3.8, 4) is 0 Å². The Bertz CT molecular complexity index is 947. The fourth-order valence-electron chi connectivity index (χ4n) is 8.47. The Morgan fingerprint density at radius 3 is 1.05 bits per heavy atom. The van der Waals surface area contributed by atoms with Crippen molar-refractivity contribution in [2.45, 2.75) is 308 Å². The third kappa shape index (κ3) is 47.9. The monoisotopic (exact) mass is 858 g/mol. The molecule has 3 atom stereocenters. The van der Waals surface area contributed by atoms with Crippen molar-refractivity contribution >= 4 is 5.91 Å². The summed E-state index contributed by atoms with van der Waals surface area (Å²) in [7, 11) is 0. The highest BCUT2D eigenvalue weighted by Crippen LogP contribution is 2.17. The standard InChI is InChI=1S/C56H107NO4/c1-3-5-7-9-11-13-15-17-19-21-23-25-27-28-30-32-34-36-38-40-42-44-46-48-50-55(60)54(52-58)57-56(61)51-53(59)49-47-45-43-41-39-37-35-33-31-29-26-24-22-20-18-16-14-12-10-8-6-4-2/h31,33,40,42,48,50,53-55,58-60H,3-30,32,34-39,41,43-47,49,51-52H2,1-2H3,(H,57,61)/b33-31-,42-40+,50-48+. The van der Waals surface area contributed by atoms with E-state index in [9.17, 15) is 20.1 Å². The molecule has 0 aliphatic heterocycles. The van der Waals surface area contributed by atoms with Gasteiger partial charge in [-0.1, -0.05) is 262 Å². The Balaban J connectivity index is 3.63. The van der Waals surface area contributed by atoms with Gasteiger partial charge < -0.3 is 20.6 Å². The lowest BCUT2D eigenvalue weighted by Crippen LogP contribution is -2.45. The molecule has 4 N–H and O–H groups in total. The summed E-state index contributed by atoms with van der Waals surface area (Å²) >= 11 is 0. The van der Waals surface area contributed by atoms with Crippen LogP contribution < -0.4 is 5.32 Å². The molecule has 5 heteroatoms. The molecular formula is C56H107NO4. The summed E-state index contributed by atoms with van der Waals surface area (Å²) in [6, 6.07) is -0.764. The molecule has 5 nitrogen and oxygen atoms in total. The van der Waals surface area contributed by atoms with Gasteiger partial charge in [-0.25, -0.2) is 0 Å². The first-order valence-corrected chi connectivity index (χ1v) is 27.3. The SMILES string of the molecule is CCCCCCCCCCCCCC/C=C\CCCCCCCCC(O)CC(=O)NC(CO)C(O)/C=C/CC/C=C/CCCCCCCCCCCCCCCCCCCC. The van der Waals surface area contributed by atoms with Crippen molar-refractivity contribution in [2.75, 3.05) is 6.61 Å². The molecule has 0 saturated carbocycles. The van der Waals surface area contributed by atoms with E-state index in [2.05, 4.69) is 43.5 Å². The molecule has 3 unspecified atom stereocenters. The van der Waals surface area contributed by atoms with Gasteiger partial charge in [-0.05, 0) is 57.8 Å². The number of carbonyl (C=O) groups is 1. The smallest absolute Gasteiger partial charge is 0.222 e. The van der Waals surface area contributed by atoms with Gasteiger partial charge in [0.15, 0.2) is 0 Å². The zero-order valence-corrected chi connectivity index (χ0v) is 41.1. The van der Waals surface area contributed by atoms with Gasteiger partial charge in [0.2, 0.25) is 5.91 Å². The maximum atomic E-state index is 12.5. The highest BCUT2D eigenvalue weighted by atomic mass is 16.3. The number of unbranched alkanes of at least 4 members (excludes halogenated alkanes) is 37. The lowest BCUT2D eigenvalue weighted by molar-refractivity contribution is -0.124. The van der Waals surface area contributed by atoms with E-state index in [0.717, 1.165) is 32.1 Å². The van der Waals surface area contributed by atoms with E-state index in [1.807, 2.05) is 6.08 Å². The van der Waals surface area contributed by atoms with E-state index >= 15 is 0 Å². The second-order valence-electron chi connectivity index (χ2n) is 18.8. The highest BCUT2D eigenvalue weighted by molar-refractivity contribution is 5.76. The average Bonchev–Trinajstić information content (AvgIpc) is 3.25. The van der Waals surface area contributed by atoms with Crippen LogP contribution >= 0.6 is 0 Å². The van der Waals surface area contributed by atoms with Crippen LogP contribution in [0.15, 0.2) is 36.5 Å². The maximum absolute atomic E-state index is 12.5. The van der Waals surface area contributed by atoms with Gasteiger partial charge in [0, 0.05) is 0 Å². The van der Waals surface area contributed by atoms with E-state index in [1.54, 1.807) is 6.08 Å². The van der Waals surface area contributed by atoms with Crippen LogP contribution in [0.1, 0.15) is 290 Å². The van der Waals surface area contributed by atoms with Crippen LogP contribution in [0.3, 0.4) is 0 Å². The number of allylic oxidation sites excluding steroid dienone is 5. The van der Waals surface area contributed by atoms with Crippen molar-refractivity contribution in [1.82, 2.24) is 5.32 Å². The second kappa shape index (κ2) is 51.2. The Morgan fingerprint density at radius 1 is 0.410 bits per heavy atom. The van der Waals surface area contributed by atoms with Gasteiger partial charge in [-0.15, -0.1) is 0 Å². The maximum Gasteiger partial charge on any atom is 0.222 e. The average molecular weight is 858 g/mol. The number of nitrogens with one attached hydrogen (secondary N) is 1. The molecule has 0 aliphatic rings. The first kappa shape index (κ1) is 59.6. The summed E-state index contributed by atoms with van der Waals surface area (Å²) in [4.78, 5) is 12.5. The molecule has 0 aliphatic carbocycles. The van der Waals surface area contributed by atoms with Gasteiger partial charge in [0.05, 0.1) is 31.3 Å². The third-order valence-electron chi connectivity index (χ3n) is 12.6. The van der Waals surface area contributed by atoms with Gasteiger partial charge in [0.1, 0.15) is 0 Å². The highest BCUT2D eigenvalue weighted by Gasteiger charge is 2.20. The number of hydrogen-bond donors (Lipinski definition) is 4. The molecule has 61 heavy (non-hydrogen) atoms. The van der Waals surface area contributed by atoms with E-state index < -0.39 is 18.2 Å². The van der Waals surface area contributed by atoms with Crippen molar-refractivity contribution in [2.24, 2.45) is 0 Å². The van der Waals surface area contributed by atoms with Crippen molar-refractivity contribution in [3.63, 3.8) is 0 Å². The van der Waals surface area contributed by atoms with Crippen LogP contribution in [-0.2, 0) is 4.79 Å². The van der Waals surface area contributed by atoms with E-state index in [1.165, 1.54) is 231 Å². The predicted molar refractivity (Wildman–Crippen MR) is 268 cm³/mol. The number of rotatable bonds is 50. The Hall–Kier alpha value is -1.43. The van der Waals surface area contributed by atoms with E-state index in [-0.39, 0.29) is 18.9 Å². The number of hydrogen-bond acceptors (Lipinski definition) is 4. The third-order valence-corrected chi connectivity index (χ3v) is 12.6. The molecular weight excluding hydrogens is 751 g/mol. The lowest BCUT2D eigenvalue weighted by Gasteiger charge is -2.21. The normalized spacial score (nSPS) is 13.6. The molecule has 1 amide bonds. The van der Waals surface area contributed by atoms with Gasteiger partial charge in [-0.2, -0.15) is 0 Å². The zero-order valence-electron chi connectivity index (χ0n) is 41.1. The Kier molecular flexibility index (Phi) is 50.0. The zero-order chi connectivity index (χ0) is 44.4. The van der Waals surface area contributed by atoms with E-state index in [4.69, 9.17) is 0 Å². The van der Waals surface area contributed by atoms with E-state index in [0.29, 0.717) is 6.42 Å². The van der Waals surface area contributed by atoms with Crippen LogP contribution in [0.25, 0.3) is 0 Å². The molecule has 0 fully saturated rings. The summed E-state index contributed by atoms with van der Waals surface area (Å²) < 4.78 is 0. The van der Waals surface area contributed by atoms with Crippen molar-refractivity contribution in [3.05, 3.63) is 36.5 Å². The minimum absolute atomic E-state index is 0.00277. The van der Waals surface area contributed by atoms with Crippen LogP contribution in [0.5, 0.6) is 0 Å². The second-order valence-corrected chi connectivity index (χ2v) is 18.8. The summed E-state index contributed by atoms with van der Waals surface area (Å²) in [5.74, 6) is -0.326. The predicted octanol–water partition coefficient (Wildman–Crippen LogP) is 16.7. The fourth-order valence-corrected chi connectivity index (χ4v) is 8.47. The first-order chi connectivity index (χ1) is 30.0. The molecule has 0 rings (SSSR count). The topological polar surface area (TPSA) is 89.8 Å². The molecule has 0 bridgehead atoms. The van der Waals surface area contributed by atoms with Crippen molar-refractivity contribution in [1.29, 1.82) is 0 Å². The molecule has 0 aromatic rings. The van der Waals surface area contributed by atoms with Crippen LogP contribution in [-0.4, -0.2) is 46.1 Å². The molecule has 0 spiro atoms. The molecule has 0 aromatic heterocycles. The minimum atomic E-state index is -0.954. The Labute approximate surface area is 381 Å². The molecule has 0 heterocycles. The van der Waals surface area contributed by atoms with Crippen LogP contribution in [0.2, 0.25) is 0 Å². The Morgan fingerprint density at radius 2 is 0.705 bits per heavy atom. The first-order valence-electron chi connectivity index (χ1n) is 27.3. The number of amides is 1. The fraction of sp³-hybridized carbons (Fsp3) is 0.875. The number of aliphatic hydroxyl groups is 3. The number of carbonyl (C=O) groups excluding carboxylic acids is 1. The lowest BCUT2D eigenvalue weighted by atomic mass is 10.0. The molecule has 360 valence electrons. The van der Waals surface area contributed by atoms with Crippen LogP contribution in [0, 0.1) is 0 Å². The minimum Gasteiger partial charge on any atom is -0.394 e. The summed E-state index contributed by atoms with van der Waals surface area (Å²) in [5, 5.41) is 33.4. The molecule has 0 aromatic carbocycles. The number of aliphatic hydroxyl groups excluding tert-OH is 3. The summed E-state index contributed by atoms with van der Waals surface area (Å²) in [5.41, 5.74) is 0. The van der Waals surface area contributed by atoms with Gasteiger partial charge in [0.25, 0.3) is 0 Å². The van der Waals surface area contributed by atoms with Gasteiger partial charge >= 0.3 is 0 Å². The molecule has 0 saturated heterocycles. The molecule has 0 radical (unpaired) electrons. The van der Waals surface area contributed by atoms with Crippen LogP contribution in [0.4, 0.5) is 0 Å². The summed E-state index contributed by atoms with van der Waals surface area (Å²) in [6.45, 7) is 4.23. The van der Waals surface area contributed by atoms with Crippen molar-refractivity contribution < 1.29 is 20.1 Å².